The predicted octanol–water partition coefficient (Wildman–Crippen LogP) is 4.56. The van der Waals surface area contributed by atoms with E-state index in [0.717, 1.165) is 35.7 Å². The minimum atomic E-state index is -0.855. The molecule has 2 aromatic carbocycles. The quantitative estimate of drug-likeness (QED) is 0.699. The lowest BCUT2D eigenvalue weighted by atomic mass is 10.1. The van der Waals surface area contributed by atoms with Gasteiger partial charge in [0.1, 0.15) is 17.2 Å². The van der Waals surface area contributed by atoms with Crippen molar-refractivity contribution in [2.45, 2.75) is 12.5 Å². The molecule has 1 aliphatic rings. The van der Waals surface area contributed by atoms with Gasteiger partial charge in [0.25, 0.3) is 5.91 Å². The number of hydrogen-bond acceptors (Lipinski definition) is 3. The van der Waals surface area contributed by atoms with Crippen LogP contribution in [0.1, 0.15) is 26.8 Å². The van der Waals surface area contributed by atoms with Crippen molar-refractivity contribution in [3.63, 3.8) is 0 Å². The Morgan fingerprint density at radius 2 is 1.85 bits per heavy atom. The van der Waals surface area contributed by atoms with Gasteiger partial charge in [0.15, 0.2) is 0 Å². The van der Waals surface area contributed by atoms with Crippen molar-refractivity contribution in [1.82, 2.24) is 5.32 Å². The van der Waals surface area contributed by atoms with Crippen molar-refractivity contribution in [3.8, 4) is 0 Å². The molecule has 3 aromatic rings. The molecule has 0 aliphatic carbocycles. The molecule has 27 heavy (non-hydrogen) atoms. The van der Waals surface area contributed by atoms with Crippen LogP contribution in [0.4, 0.5) is 14.5 Å². The first-order chi connectivity index (χ1) is 13.1. The Morgan fingerprint density at radius 1 is 1.07 bits per heavy atom. The molecule has 1 N–H and O–H groups in total. The van der Waals surface area contributed by atoms with Crippen molar-refractivity contribution in [1.29, 1.82) is 0 Å². The summed E-state index contributed by atoms with van der Waals surface area (Å²) in [6.07, 6.45) is 0.938. The minimum Gasteiger partial charge on any atom is -0.361 e. The average Bonchev–Trinajstić information content (AvgIpc) is 3.32. The highest BCUT2D eigenvalue weighted by molar-refractivity contribution is 7.10. The van der Waals surface area contributed by atoms with Crippen LogP contribution in [0.2, 0.25) is 0 Å². The summed E-state index contributed by atoms with van der Waals surface area (Å²) in [5, 5.41) is 4.71. The van der Waals surface area contributed by atoms with E-state index in [-0.39, 0.29) is 12.6 Å². The maximum Gasteiger partial charge on any atom is 0.257 e. The molecule has 0 spiro atoms. The van der Waals surface area contributed by atoms with Crippen LogP contribution in [0.15, 0.2) is 60.0 Å². The maximum atomic E-state index is 13.9. The molecule has 6 heteroatoms. The molecule has 1 unspecified atom stereocenters. The van der Waals surface area contributed by atoms with Crippen molar-refractivity contribution in [3.05, 3.63) is 87.6 Å². The molecule has 0 saturated heterocycles. The van der Waals surface area contributed by atoms with Gasteiger partial charge < -0.3 is 10.2 Å². The van der Waals surface area contributed by atoms with E-state index in [9.17, 15) is 13.6 Å². The molecule has 3 nitrogen and oxygen atoms in total. The van der Waals surface area contributed by atoms with Gasteiger partial charge in [0, 0.05) is 23.7 Å². The number of para-hydroxylation sites is 1. The zero-order valence-electron chi connectivity index (χ0n) is 14.5. The Morgan fingerprint density at radius 3 is 2.59 bits per heavy atom. The van der Waals surface area contributed by atoms with Crippen LogP contribution in [0, 0.1) is 11.6 Å². The fourth-order valence-electron chi connectivity index (χ4n) is 3.53. The Labute approximate surface area is 160 Å². The van der Waals surface area contributed by atoms with Gasteiger partial charge in [0.2, 0.25) is 0 Å². The largest absolute Gasteiger partial charge is 0.361 e. The average molecular weight is 384 g/mol. The highest BCUT2D eigenvalue weighted by Gasteiger charge is 2.28. The van der Waals surface area contributed by atoms with Crippen molar-refractivity contribution in [2.75, 3.05) is 18.0 Å². The van der Waals surface area contributed by atoms with E-state index in [1.807, 2.05) is 29.6 Å². The van der Waals surface area contributed by atoms with Crippen LogP contribution in [0.3, 0.4) is 0 Å². The Hall–Kier alpha value is -2.73. The molecule has 138 valence electrons. The van der Waals surface area contributed by atoms with Crippen molar-refractivity contribution >= 4 is 22.9 Å². The molecule has 0 fully saturated rings. The summed E-state index contributed by atoms with van der Waals surface area (Å²) in [5.74, 6) is -2.45. The summed E-state index contributed by atoms with van der Waals surface area (Å²) in [6.45, 7) is 1.10. The van der Waals surface area contributed by atoms with Gasteiger partial charge in [-0.3, -0.25) is 4.79 Å². The van der Waals surface area contributed by atoms with Gasteiger partial charge in [-0.2, -0.15) is 0 Å². The number of nitrogens with zero attached hydrogens (tertiary/aromatic N) is 1. The van der Waals surface area contributed by atoms with Crippen molar-refractivity contribution in [2.24, 2.45) is 0 Å². The number of nitrogens with one attached hydrogen (secondary N) is 1. The first-order valence-corrected chi connectivity index (χ1v) is 9.63. The molecule has 0 saturated carbocycles. The van der Waals surface area contributed by atoms with Gasteiger partial charge in [-0.25, -0.2) is 8.78 Å². The van der Waals surface area contributed by atoms with Gasteiger partial charge in [-0.05, 0) is 41.6 Å². The molecule has 0 radical (unpaired) electrons. The number of carbonyl (C=O) groups excluding carboxylic acids is 1. The highest BCUT2D eigenvalue weighted by Crippen LogP contribution is 2.36. The summed E-state index contributed by atoms with van der Waals surface area (Å²) >= 11 is 1.61. The smallest absolute Gasteiger partial charge is 0.257 e. The van der Waals surface area contributed by atoms with Crippen LogP contribution in [-0.4, -0.2) is 19.0 Å². The summed E-state index contributed by atoms with van der Waals surface area (Å²) in [7, 11) is 0. The molecule has 2 heterocycles. The van der Waals surface area contributed by atoms with E-state index in [1.165, 1.54) is 11.6 Å². The van der Waals surface area contributed by atoms with Crippen LogP contribution >= 0.6 is 11.3 Å². The number of halogens is 2. The molecule has 4 rings (SSSR count). The molecule has 1 atom stereocenters. The van der Waals surface area contributed by atoms with E-state index in [2.05, 4.69) is 22.3 Å². The van der Waals surface area contributed by atoms with E-state index in [4.69, 9.17) is 0 Å². The van der Waals surface area contributed by atoms with Gasteiger partial charge >= 0.3 is 0 Å². The zero-order chi connectivity index (χ0) is 18.8. The monoisotopic (exact) mass is 384 g/mol. The lowest BCUT2D eigenvalue weighted by Crippen LogP contribution is -2.37. The number of fused-ring (bicyclic) bond motifs is 1. The second-order valence-electron chi connectivity index (χ2n) is 6.41. The summed E-state index contributed by atoms with van der Waals surface area (Å²) < 4.78 is 27.8. The van der Waals surface area contributed by atoms with Gasteiger partial charge in [-0.1, -0.05) is 30.3 Å². The third-order valence-electron chi connectivity index (χ3n) is 4.82. The van der Waals surface area contributed by atoms with Crippen LogP contribution in [0.25, 0.3) is 0 Å². The normalized spacial score (nSPS) is 14.1. The first-order valence-electron chi connectivity index (χ1n) is 8.75. The fourth-order valence-corrected chi connectivity index (χ4v) is 4.36. The first kappa shape index (κ1) is 17.7. The maximum absolute atomic E-state index is 13.9. The van der Waals surface area contributed by atoms with Crippen LogP contribution in [0.5, 0.6) is 0 Å². The fraction of sp³-hybridized carbons (Fsp3) is 0.190. The summed E-state index contributed by atoms with van der Waals surface area (Å²) in [6, 6.07) is 15.5. The standard InChI is InChI=1S/C21H18F2N2OS/c22-15-6-3-7-16(23)20(15)21(26)24-13-18(19-9-4-12-27-19)25-11-10-14-5-1-2-8-17(14)25/h1-9,12,18H,10-11,13H2,(H,24,26). The highest BCUT2D eigenvalue weighted by atomic mass is 32.1. The molecule has 0 bridgehead atoms. The van der Waals surface area contributed by atoms with Crippen LogP contribution < -0.4 is 10.2 Å². The van der Waals surface area contributed by atoms with Gasteiger partial charge in [0.05, 0.1) is 6.04 Å². The number of rotatable bonds is 5. The predicted molar refractivity (Wildman–Crippen MR) is 103 cm³/mol. The molecular weight excluding hydrogens is 366 g/mol. The molecular formula is C21H18F2N2OS. The van der Waals surface area contributed by atoms with Gasteiger partial charge in [-0.15, -0.1) is 11.3 Å². The number of carbonyl (C=O) groups is 1. The third-order valence-corrected chi connectivity index (χ3v) is 5.79. The lowest BCUT2D eigenvalue weighted by molar-refractivity contribution is 0.0942. The molecule has 1 aromatic heterocycles. The molecule has 1 amide bonds. The summed E-state index contributed by atoms with van der Waals surface area (Å²) in [5.41, 5.74) is 1.87. The SMILES string of the molecule is O=C(NCC(c1cccs1)N1CCc2ccccc21)c1c(F)cccc1F. The van der Waals surface area contributed by atoms with E-state index in [0.29, 0.717) is 0 Å². The van der Waals surface area contributed by atoms with E-state index < -0.39 is 23.1 Å². The Kier molecular flexibility index (Phi) is 4.90. The van der Waals surface area contributed by atoms with E-state index >= 15 is 0 Å². The lowest BCUT2D eigenvalue weighted by Gasteiger charge is -2.30. The van der Waals surface area contributed by atoms with Crippen molar-refractivity contribution < 1.29 is 13.6 Å². The summed E-state index contributed by atoms with van der Waals surface area (Å²) in [4.78, 5) is 15.8. The number of benzene rings is 2. The number of thiophene rings is 1. The topological polar surface area (TPSA) is 32.3 Å². The molecule has 1 aliphatic heterocycles. The number of amides is 1. The van der Waals surface area contributed by atoms with E-state index in [1.54, 1.807) is 11.3 Å². The second kappa shape index (κ2) is 7.48. The minimum absolute atomic E-state index is 0.0903. The number of hydrogen-bond donors (Lipinski definition) is 1. The zero-order valence-corrected chi connectivity index (χ0v) is 15.3. The Balaban J connectivity index is 1.58. The second-order valence-corrected chi connectivity index (χ2v) is 7.39. The number of anilines is 1. The third kappa shape index (κ3) is 3.45. The Bertz CT molecular complexity index is 938. The van der Waals surface area contributed by atoms with Crippen LogP contribution in [-0.2, 0) is 6.42 Å².